The van der Waals surface area contributed by atoms with Gasteiger partial charge in [0, 0.05) is 0 Å². The van der Waals surface area contributed by atoms with Gasteiger partial charge in [-0.2, -0.15) is 5.26 Å². The Morgan fingerprint density at radius 1 is 1.05 bits per heavy atom. The first-order valence-corrected chi connectivity index (χ1v) is 7.47. The Balaban J connectivity index is 2.47. The van der Waals surface area contributed by atoms with Crippen molar-refractivity contribution in [2.75, 3.05) is 13.2 Å². The molecule has 0 bridgehead atoms. The molecule has 110 valence electrons. The predicted molar refractivity (Wildman–Crippen MR) is 81.0 cm³/mol. The monoisotopic (exact) mass is 275 g/mol. The molecule has 3 nitrogen and oxygen atoms in total. The molecule has 0 saturated carbocycles. The van der Waals surface area contributed by atoms with Gasteiger partial charge in [0.1, 0.15) is 0 Å². The summed E-state index contributed by atoms with van der Waals surface area (Å²) in [7, 11) is 0. The number of para-hydroxylation sites is 2. The highest BCUT2D eigenvalue weighted by Crippen LogP contribution is 2.31. The van der Waals surface area contributed by atoms with Crippen molar-refractivity contribution in [1.82, 2.24) is 0 Å². The summed E-state index contributed by atoms with van der Waals surface area (Å²) in [5.74, 6) is 1.57. The third-order valence-corrected chi connectivity index (χ3v) is 3.80. The van der Waals surface area contributed by atoms with Crippen LogP contribution >= 0.6 is 0 Å². The Morgan fingerprint density at radius 3 is 2.15 bits per heavy atom. The summed E-state index contributed by atoms with van der Waals surface area (Å²) in [5, 5.41) is 9.30. The van der Waals surface area contributed by atoms with Crippen LogP contribution in [-0.2, 0) is 0 Å². The molecule has 0 spiro atoms. The topological polar surface area (TPSA) is 42.2 Å². The molecule has 0 heterocycles. The van der Waals surface area contributed by atoms with E-state index < -0.39 is 0 Å². The summed E-state index contributed by atoms with van der Waals surface area (Å²) in [6, 6.07) is 10.2. The maximum absolute atomic E-state index is 9.30. The van der Waals surface area contributed by atoms with Gasteiger partial charge in [-0.1, -0.05) is 26.0 Å². The van der Waals surface area contributed by atoms with Gasteiger partial charge in [-0.15, -0.1) is 0 Å². The van der Waals surface area contributed by atoms with Crippen LogP contribution in [0, 0.1) is 16.7 Å². The number of hydrogen-bond donors (Lipinski definition) is 0. The number of hydrogen-bond acceptors (Lipinski definition) is 3. The van der Waals surface area contributed by atoms with Crippen molar-refractivity contribution < 1.29 is 9.47 Å². The Hall–Kier alpha value is -1.69. The Morgan fingerprint density at radius 2 is 1.65 bits per heavy atom. The third kappa shape index (κ3) is 4.45. The van der Waals surface area contributed by atoms with Gasteiger partial charge in [0.05, 0.1) is 24.7 Å². The number of ether oxygens (including phenoxy) is 2. The zero-order valence-electron chi connectivity index (χ0n) is 12.8. The number of nitriles is 1. The van der Waals surface area contributed by atoms with E-state index in [4.69, 9.17) is 9.47 Å². The second-order valence-electron chi connectivity index (χ2n) is 4.93. The lowest BCUT2D eigenvalue weighted by Crippen LogP contribution is -2.17. The van der Waals surface area contributed by atoms with Crippen molar-refractivity contribution in [2.24, 2.45) is 5.41 Å². The lowest BCUT2D eigenvalue weighted by Gasteiger charge is -2.23. The Kier molecular flexibility index (Phi) is 6.93. The van der Waals surface area contributed by atoms with Crippen molar-refractivity contribution >= 4 is 0 Å². The van der Waals surface area contributed by atoms with Gasteiger partial charge in [0.15, 0.2) is 11.5 Å². The van der Waals surface area contributed by atoms with Gasteiger partial charge in [0.2, 0.25) is 0 Å². The summed E-state index contributed by atoms with van der Waals surface area (Å²) in [5.41, 5.74) is -0.192. The van der Waals surface area contributed by atoms with Gasteiger partial charge in [0.25, 0.3) is 0 Å². The average molecular weight is 275 g/mol. The lowest BCUT2D eigenvalue weighted by atomic mass is 9.80. The molecule has 0 N–H and O–H groups in total. The van der Waals surface area contributed by atoms with E-state index in [9.17, 15) is 5.26 Å². The molecule has 0 saturated heterocycles. The summed E-state index contributed by atoms with van der Waals surface area (Å²) in [6.45, 7) is 7.37. The SMILES string of the molecule is CCOc1ccccc1OCCCC(C#N)(CC)CC. The molecule has 1 rings (SSSR count). The minimum Gasteiger partial charge on any atom is -0.490 e. The van der Waals surface area contributed by atoms with E-state index in [1.54, 1.807) is 0 Å². The third-order valence-electron chi connectivity index (χ3n) is 3.80. The normalized spacial score (nSPS) is 10.9. The fourth-order valence-corrected chi connectivity index (χ4v) is 2.25. The van der Waals surface area contributed by atoms with Gasteiger partial charge in [-0.05, 0) is 44.7 Å². The molecule has 3 heteroatoms. The largest absolute Gasteiger partial charge is 0.490 e. The second-order valence-corrected chi connectivity index (χ2v) is 4.93. The lowest BCUT2D eigenvalue weighted by molar-refractivity contribution is 0.244. The van der Waals surface area contributed by atoms with Crippen LogP contribution in [-0.4, -0.2) is 13.2 Å². The van der Waals surface area contributed by atoms with Crippen molar-refractivity contribution in [3.8, 4) is 17.6 Å². The van der Waals surface area contributed by atoms with Crippen molar-refractivity contribution in [3.05, 3.63) is 24.3 Å². The first-order valence-electron chi connectivity index (χ1n) is 7.47. The summed E-state index contributed by atoms with van der Waals surface area (Å²) in [6.07, 6.45) is 3.56. The fourth-order valence-electron chi connectivity index (χ4n) is 2.25. The van der Waals surface area contributed by atoms with Crippen LogP contribution in [0.25, 0.3) is 0 Å². The molecule has 20 heavy (non-hydrogen) atoms. The smallest absolute Gasteiger partial charge is 0.161 e. The minimum absolute atomic E-state index is 0.192. The molecule has 0 aliphatic rings. The Bertz CT molecular complexity index is 433. The maximum atomic E-state index is 9.30. The van der Waals surface area contributed by atoms with E-state index in [-0.39, 0.29) is 5.41 Å². The summed E-state index contributed by atoms with van der Waals surface area (Å²) in [4.78, 5) is 0. The van der Waals surface area contributed by atoms with Crippen LogP contribution in [0.2, 0.25) is 0 Å². The molecule has 0 amide bonds. The maximum Gasteiger partial charge on any atom is 0.161 e. The molecule has 0 aliphatic carbocycles. The molecular formula is C17H25NO2. The van der Waals surface area contributed by atoms with Crippen LogP contribution in [0.5, 0.6) is 11.5 Å². The molecule has 1 aromatic rings. The first kappa shape index (κ1) is 16.4. The zero-order valence-corrected chi connectivity index (χ0v) is 12.8. The molecule has 0 aromatic heterocycles. The number of benzene rings is 1. The van der Waals surface area contributed by atoms with Crippen molar-refractivity contribution in [3.63, 3.8) is 0 Å². The zero-order chi connectivity index (χ0) is 14.8. The van der Waals surface area contributed by atoms with Gasteiger partial charge < -0.3 is 9.47 Å². The quantitative estimate of drug-likeness (QED) is 0.620. The van der Waals surface area contributed by atoms with Crippen molar-refractivity contribution in [2.45, 2.75) is 46.5 Å². The van der Waals surface area contributed by atoms with Crippen LogP contribution in [0.15, 0.2) is 24.3 Å². The standard InChI is InChI=1S/C17H25NO2/c1-4-17(5-2,14-18)12-9-13-20-16-11-8-7-10-15(16)19-6-3/h7-8,10-11H,4-6,9,12-13H2,1-3H3. The summed E-state index contributed by atoms with van der Waals surface area (Å²) >= 11 is 0. The van der Waals surface area contributed by atoms with E-state index >= 15 is 0 Å². The number of rotatable bonds is 9. The van der Waals surface area contributed by atoms with Crippen LogP contribution < -0.4 is 9.47 Å². The molecule has 0 radical (unpaired) electrons. The highest BCUT2D eigenvalue weighted by atomic mass is 16.5. The van der Waals surface area contributed by atoms with E-state index in [0.717, 1.165) is 37.2 Å². The molecule has 0 atom stereocenters. The van der Waals surface area contributed by atoms with E-state index in [0.29, 0.717) is 13.2 Å². The van der Waals surface area contributed by atoms with Crippen LogP contribution in [0.1, 0.15) is 46.5 Å². The predicted octanol–water partition coefficient (Wildman–Crippen LogP) is 4.57. The first-order chi connectivity index (χ1) is 9.71. The van der Waals surface area contributed by atoms with Gasteiger partial charge >= 0.3 is 0 Å². The van der Waals surface area contributed by atoms with Crippen LogP contribution in [0.4, 0.5) is 0 Å². The minimum atomic E-state index is -0.192. The summed E-state index contributed by atoms with van der Waals surface area (Å²) < 4.78 is 11.3. The molecule has 0 fully saturated rings. The van der Waals surface area contributed by atoms with E-state index in [1.807, 2.05) is 31.2 Å². The van der Waals surface area contributed by atoms with Crippen molar-refractivity contribution in [1.29, 1.82) is 5.26 Å². The van der Waals surface area contributed by atoms with E-state index in [1.165, 1.54) is 0 Å². The molecular weight excluding hydrogens is 250 g/mol. The fraction of sp³-hybridized carbons (Fsp3) is 0.588. The van der Waals surface area contributed by atoms with Crippen LogP contribution in [0.3, 0.4) is 0 Å². The number of nitrogens with zero attached hydrogens (tertiary/aromatic N) is 1. The Labute approximate surface area is 122 Å². The average Bonchev–Trinajstić information content (AvgIpc) is 2.50. The molecule has 1 aromatic carbocycles. The van der Waals surface area contributed by atoms with Gasteiger partial charge in [-0.25, -0.2) is 0 Å². The van der Waals surface area contributed by atoms with E-state index in [2.05, 4.69) is 19.9 Å². The molecule has 0 aliphatic heterocycles. The highest BCUT2D eigenvalue weighted by Gasteiger charge is 2.24. The van der Waals surface area contributed by atoms with Gasteiger partial charge in [-0.3, -0.25) is 0 Å². The highest BCUT2D eigenvalue weighted by molar-refractivity contribution is 5.39. The second kappa shape index (κ2) is 8.47. The molecule has 0 unspecified atom stereocenters.